The van der Waals surface area contributed by atoms with Gasteiger partial charge in [-0.05, 0) is 42.0 Å². The van der Waals surface area contributed by atoms with E-state index in [2.05, 4.69) is 44.8 Å². The third-order valence-electron chi connectivity index (χ3n) is 3.31. The van der Waals surface area contributed by atoms with Crippen LogP contribution in [-0.2, 0) is 12.8 Å². The van der Waals surface area contributed by atoms with Crippen LogP contribution >= 0.6 is 23.2 Å². The molecule has 2 aromatic rings. The van der Waals surface area contributed by atoms with Crippen molar-refractivity contribution < 1.29 is 0 Å². The molecular weight excluding hydrogens is 283 g/mol. The number of hydrogen-bond acceptors (Lipinski definition) is 4. The average molecular weight is 295 g/mol. The maximum Gasteiger partial charge on any atom is 0.245 e. The number of fused-ring (bicyclic) bond motifs is 1. The monoisotopic (exact) mass is 294 g/mol. The summed E-state index contributed by atoms with van der Waals surface area (Å²) in [6, 6.07) is 8.78. The molecule has 0 spiro atoms. The van der Waals surface area contributed by atoms with Crippen LogP contribution in [-0.4, -0.2) is 21.2 Å². The van der Waals surface area contributed by atoms with Gasteiger partial charge in [0.15, 0.2) is 11.0 Å². The third kappa shape index (κ3) is 2.80. The highest BCUT2D eigenvalue weighted by molar-refractivity contribution is 6.32. The summed E-state index contributed by atoms with van der Waals surface area (Å²) in [7, 11) is 0. The van der Waals surface area contributed by atoms with Crippen LogP contribution < -0.4 is 5.32 Å². The number of nitrogens with zero attached hydrogens (tertiary/aromatic N) is 3. The first-order valence-electron chi connectivity index (χ1n) is 6.11. The van der Waals surface area contributed by atoms with E-state index in [1.165, 1.54) is 11.1 Å². The third-order valence-corrected chi connectivity index (χ3v) is 3.72. The highest BCUT2D eigenvalue weighted by atomic mass is 35.5. The number of benzene rings is 1. The minimum absolute atomic E-state index is 0.100. The van der Waals surface area contributed by atoms with Crippen molar-refractivity contribution in [2.24, 2.45) is 0 Å². The van der Waals surface area contributed by atoms with Gasteiger partial charge in [-0.1, -0.05) is 35.9 Å². The van der Waals surface area contributed by atoms with Gasteiger partial charge in [-0.15, -0.1) is 10.2 Å². The fourth-order valence-corrected chi connectivity index (χ4v) is 2.66. The topological polar surface area (TPSA) is 50.7 Å². The first-order chi connectivity index (χ1) is 9.22. The van der Waals surface area contributed by atoms with Crippen LogP contribution in [0, 0.1) is 0 Å². The average Bonchev–Trinajstić information content (AvgIpc) is 2.43. The molecule has 19 heavy (non-hydrogen) atoms. The van der Waals surface area contributed by atoms with E-state index in [0.717, 1.165) is 19.3 Å². The molecule has 1 aromatic heterocycles. The van der Waals surface area contributed by atoms with Crippen LogP contribution in [0.1, 0.15) is 17.5 Å². The number of rotatable bonds is 2. The summed E-state index contributed by atoms with van der Waals surface area (Å²) in [5, 5.41) is 11.0. The number of halogens is 2. The molecule has 1 heterocycles. The Morgan fingerprint density at radius 2 is 1.89 bits per heavy atom. The zero-order chi connectivity index (χ0) is 13.2. The fraction of sp³-hybridized carbons (Fsp3) is 0.308. The molecule has 0 amide bonds. The maximum absolute atomic E-state index is 5.96. The summed E-state index contributed by atoms with van der Waals surface area (Å²) in [6.45, 7) is 0. The van der Waals surface area contributed by atoms with Crippen LogP contribution in [0.2, 0.25) is 10.4 Å². The Morgan fingerprint density at radius 1 is 1.11 bits per heavy atom. The molecule has 0 saturated carbocycles. The van der Waals surface area contributed by atoms with Gasteiger partial charge in [0, 0.05) is 6.04 Å². The van der Waals surface area contributed by atoms with E-state index in [1.807, 2.05) is 0 Å². The minimum atomic E-state index is 0.100. The van der Waals surface area contributed by atoms with Gasteiger partial charge in [0.05, 0.1) is 0 Å². The lowest BCUT2D eigenvalue weighted by atomic mass is 9.88. The number of anilines is 1. The lowest BCUT2D eigenvalue weighted by Crippen LogP contribution is -2.28. The Morgan fingerprint density at radius 3 is 2.74 bits per heavy atom. The molecule has 0 fully saturated rings. The van der Waals surface area contributed by atoms with E-state index >= 15 is 0 Å². The Hall–Kier alpha value is -1.39. The van der Waals surface area contributed by atoms with Crippen molar-refractivity contribution in [2.45, 2.75) is 25.3 Å². The predicted octanol–water partition coefficient (Wildman–Crippen LogP) is 3.15. The summed E-state index contributed by atoms with van der Waals surface area (Å²) in [4.78, 5) is 4.07. The van der Waals surface area contributed by atoms with E-state index in [9.17, 15) is 0 Å². The maximum atomic E-state index is 5.96. The lowest BCUT2D eigenvalue weighted by molar-refractivity contribution is 0.608. The molecule has 1 unspecified atom stereocenters. The summed E-state index contributed by atoms with van der Waals surface area (Å²) < 4.78 is 0. The van der Waals surface area contributed by atoms with Gasteiger partial charge < -0.3 is 5.32 Å². The summed E-state index contributed by atoms with van der Waals surface area (Å²) in [5.41, 5.74) is 2.79. The normalized spacial score (nSPS) is 17.9. The molecule has 1 atom stereocenters. The van der Waals surface area contributed by atoms with E-state index in [-0.39, 0.29) is 10.4 Å². The lowest BCUT2D eigenvalue weighted by Gasteiger charge is -2.25. The second kappa shape index (κ2) is 5.31. The van der Waals surface area contributed by atoms with Crippen molar-refractivity contribution >= 4 is 29.0 Å². The Labute approximate surface area is 121 Å². The first kappa shape index (κ1) is 12.6. The highest BCUT2D eigenvalue weighted by Crippen LogP contribution is 2.25. The molecule has 6 heteroatoms. The molecule has 1 N–H and O–H groups in total. The number of hydrogen-bond donors (Lipinski definition) is 1. The van der Waals surface area contributed by atoms with Gasteiger partial charge in [-0.25, -0.2) is 0 Å². The Balaban J connectivity index is 1.77. The van der Waals surface area contributed by atoms with Crippen molar-refractivity contribution in [2.75, 3.05) is 5.32 Å². The van der Waals surface area contributed by atoms with Crippen molar-refractivity contribution in [3.8, 4) is 0 Å². The molecule has 1 aliphatic rings. The van der Waals surface area contributed by atoms with Crippen molar-refractivity contribution in [3.05, 3.63) is 45.8 Å². The fourth-order valence-electron chi connectivity index (χ4n) is 2.40. The standard InChI is InChI=1S/C13H12Cl2N4/c14-11-12(17-13(15)19-18-11)16-10-6-5-8-3-1-2-4-9(8)7-10/h1-4,10H,5-7H2,(H,16,17,19). The molecule has 1 aliphatic carbocycles. The van der Waals surface area contributed by atoms with Gasteiger partial charge in [0.25, 0.3) is 0 Å². The van der Waals surface area contributed by atoms with Crippen molar-refractivity contribution in [3.63, 3.8) is 0 Å². The molecule has 0 aliphatic heterocycles. The zero-order valence-corrected chi connectivity index (χ0v) is 11.6. The van der Waals surface area contributed by atoms with Crippen LogP contribution in [0.5, 0.6) is 0 Å². The zero-order valence-electron chi connectivity index (χ0n) is 10.1. The van der Waals surface area contributed by atoms with Gasteiger partial charge in [-0.3, -0.25) is 0 Å². The van der Waals surface area contributed by atoms with E-state index in [1.54, 1.807) is 0 Å². The summed E-state index contributed by atoms with van der Waals surface area (Å²) in [6.07, 6.45) is 3.04. The summed E-state index contributed by atoms with van der Waals surface area (Å²) >= 11 is 11.7. The van der Waals surface area contributed by atoms with E-state index in [0.29, 0.717) is 11.9 Å². The van der Waals surface area contributed by atoms with Gasteiger partial charge in [-0.2, -0.15) is 4.98 Å². The van der Waals surface area contributed by atoms with Crippen molar-refractivity contribution in [1.82, 2.24) is 15.2 Å². The number of nitrogens with one attached hydrogen (secondary N) is 1. The Bertz CT molecular complexity index is 603. The van der Waals surface area contributed by atoms with Gasteiger partial charge >= 0.3 is 0 Å². The molecule has 1 aromatic carbocycles. The molecule has 0 radical (unpaired) electrons. The first-order valence-corrected chi connectivity index (χ1v) is 6.87. The summed E-state index contributed by atoms with van der Waals surface area (Å²) in [5.74, 6) is 0.506. The van der Waals surface area contributed by atoms with Gasteiger partial charge in [0.1, 0.15) is 0 Å². The molecule has 98 valence electrons. The Kier molecular flexibility index (Phi) is 3.53. The largest absolute Gasteiger partial charge is 0.364 e. The van der Waals surface area contributed by atoms with Crippen molar-refractivity contribution in [1.29, 1.82) is 0 Å². The smallest absolute Gasteiger partial charge is 0.245 e. The predicted molar refractivity (Wildman–Crippen MR) is 75.7 cm³/mol. The second-order valence-electron chi connectivity index (χ2n) is 4.57. The second-order valence-corrected chi connectivity index (χ2v) is 5.27. The number of aryl methyl sites for hydroxylation is 1. The molecular formula is C13H12Cl2N4. The number of aromatic nitrogens is 3. The quantitative estimate of drug-likeness (QED) is 0.924. The van der Waals surface area contributed by atoms with Crippen LogP contribution in [0.15, 0.2) is 24.3 Å². The van der Waals surface area contributed by atoms with Gasteiger partial charge in [0.2, 0.25) is 5.28 Å². The van der Waals surface area contributed by atoms with E-state index in [4.69, 9.17) is 23.2 Å². The van der Waals surface area contributed by atoms with E-state index < -0.39 is 0 Å². The molecule has 0 saturated heterocycles. The molecule has 4 nitrogen and oxygen atoms in total. The molecule has 3 rings (SSSR count). The minimum Gasteiger partial charge on any atom is -0.364 e. The highest BCUT2D eigenvalue weighted by Gasteiger charge is 2.19. The van der Waals surface area contributed by atoms with Crippen LogP contribution in [0.4, 0.5) is 5.82 Å². The molecule has 0 bridgehead atoms. The van der Waals surface area contributed by atoms with Crippen LogP contribution in [0.3, 0.4) is 0 Å². The SMILES string of the molecule is Clc1nnc(Cl)c(NC2CCc3ccccc3C2)n1. The van der Waals surface area contributed by atoms with Crippen LogP contribution in [0.25, 0.3) is 0 Å².